The fraction of sp³-hybridized carbons (Fsp3) is 0.438. The molecule has 6 nitrogen and oxygen atoms in total. The Morgan fingerprint density at radius 1 is 1.22 bits per heavy atom. The van der Waals surface area contributed by atoms with E-state index in [1.165, 1.54) is 0 Å². The molecule has 0 radical (unpaired) electrons. The summed E-state index contributed by atoms with van der Waals surface area (Å²) in [6.45, 7) is 4.04. The number of hydrogen-bond donors (Lipinski definition) is 0. The number of hydrogen-bond acceptors (Lipinski definition) is 5. The van der Waals surface area contributed by atoms with Gasteiger partial charge in [-0.3, -0.25) is 4.79 Å². The van der Waals surface area contributed by atoms with Gasteiger partial charge in [-0.05, 0) is 18.2 Å². The zero-order valence-electron chi connectivity index (χ0n) is 12.6. The summed E-state index contributed by atoms with van der Waals surface area (Å²) in [6.07, 6.45) is 1.56. The molecule has 0 atom stereocenters. The molecule has 0 bridgehead atoms. The number of carbonyl (C=O) groups is 1. The maximum Gasteiger partial charge on any atom is 0.229 e. The molecule has 2 aliphatic rings. The van der Waals surface area contributed by atoms with E-state index in [9.17, 15) is 4.79 Å². The van der Waals surface area contributed by atoms with Gasteiger partial charge < -0.3 is 14.5 Å². The van der Waals surface area contributed by atoms with Gasteiger partial charge in [-0.15, -0.1) is 0 Å². The van der Waals surface area contributed by atoms with E-state index in [1.807, 2.05) is 23.1 Å². The predicted molar refractivity (Wildman–Crippen MR) is 87.7 cm³/mol. The van der Waals surface area contributed by atoms with Crippen molar-refractivity contribution in [2.45, 2.75) is 0 Å². The van der Waals surface area contributed by atoms with Crippen LogP contribution in [0.3, 0.4) is 0 Å². The molecule has 23 heavy (non-hydrogen) atoms. The first-order valence-electron chi connectivity index (χ1n) is 7.74. The van der Waals surface area contributed by atoms with Gasteiger partial charge in [0.15, 0.2) is 0 Å². The zero-order chi connectivity index (χ0) is 15.8. The third kappa shape index (κ3) is 2.72. The SMILES string of the molecule is O=C(C1CN(c2ncnc3ccc(Cl)cc23)C1)N1CCOCC1. The van der Waals surface area contributed by atoms with Gasteiger partial charge >= 0.3 is 0 Å². The number of halogens is 1. The van der Waals surface area contributed by atoms with Crippen LogP contribution in [0, 0.1) is 5.92 Å². The molecular formula is C16H17ClN4O2. The number of carbonyl (C=O) groups excluding carboxylic acids is 1. The molecule has 2 fully saturated rings. The summed E-state index contributed by atoms with van der Waals surface area (Å²) < 4.78 is 5.30. The van der Waals surface area contributed by atoms with E-state index in [0.29, 0.717) is 44.4 Å². The van der Waals surface area contributed by atoms with Crippen LogP contribution in [0.2, 0.25) is 5.02 Å². The molecule has 0 saturated carbocycles. The lowest BCUT2D eigenvalue weighted by atomic mass is 9.97. The van der Waals surface area contributed by atoms with E-state index in [4.69, 9.17) is 16.3 Å². The summed E-state index contributed by atoms with van der Waals surface area (Å²) in [7, 11) is 0. The lowest BCUT2D eigenvalue weighted by Crippen LogP contribution is -2.56. The number of anilines is 1. The summed E-state index contributed by atoms with van der Waals surface area (Å²) in [4.78, 5) is 25.1. The Labute approximate surface area is 139 Å². The van der Waals surface area contributed by atoms with Gasteiger partial charge in [0.05, 0.1) is 24.6 Å². The molecule has 2 saturated heterocycles. The number of rotatable bonds is 2. The van der Waals surface area contributed by atoms with Crippen LogP contribution in [0.4, 0.5) is 5.82 Å². The first-order valence-corrected chi connectivity index (χ1v) is 8.12. The Morgan fingerprint density at radius 3 is 2.78 bits per heavy atom. The summed E-state index contributed by atoms with van der Waals surface area (Å²) in [5.74, 6) is 1.11. The zero-order valence-corrected chi connectivity index (χ0v) is 13.4. The van der Waals surface area contributed by atoms with E-state index in [2.05, 4.69) is 14.9 Å². The van der Waals surface area contributed by atoms with E-state index in [1.54, 1.807) is 6.33 Å². The second kappa shape index (κ2) is 5.94. The maximum atomic E-state index is 12.5. The average molecular weight is 333 g/mol. The third-order valence-corrected chi connectivity index (χ3v) is 4.66. The molecule has 0 N–H and O–H groups in total. The fourth-order valence-corrected chi connectivity index (χ4v) is 3.29. The Kier molecular flexibility index (Phi) is 3.79. The highest BCUT2D eigenvalue weighted by Crippen LogP contribution is 2.31. The van der Waals surface area contributed by atoms with Crippen molar-refractivity contribution in [2.75, 3.05) is 44.3 Å². The molecule has 120 valence electrons. The molecule has 2 aliphatic heterocycles. The second-order valence-electron chi connectivity index (χ2n) is 5.90. The van der Waals surface area contributed by atoms with Crippen molar-refractivity contribution in [3.05, 3.63) is 29.5 Å². The van der Waals surface area contributed by atoms with E-state index < -0.39 is 0 Å². The normalized spacial score (nSPS) is 19.0. The summed E-state index contributed by atoms with van der Waals surface area (Å²) in [6, 6.07) is 5.59. The van der Waals surface area contributed by atoms with Crippen LogP contribution in [0.1, 0.15) is 0 Å². The van der Waals surface area contributed by atoms with Crippen molar-refractivity contribution in [2.24, 2.45) is 5.92 Å². The number of amides is 1. The Morgan fingerprint density at radius 2 is 2.00 bits per heavy atom. The molecule has 2 aromatic rings. The highest BCUT2D eigenvalue weighted by atomic mass is 35.5. The van der Waals surface area contributed by atoms with Crippen molar-refractivity contribution in [1.29, 1.82) is 0 Å². The molecule has 0 aliphatic carbocycles. The number of fused-ring (bicyclic) bond motifs is 1. The first kappa shape index (κ1) is 14.7. The van der Waals surface area contributed by atoms with Gasteiger partial charge in [0.25, 0.3) is 0 Å². The van der Waals surface area contributed by atoms with Crippen LogP contribution in [-0.4, -0.2) is 60.2 Å². The molecule has 1 amide bonds. The largest absolute Gasteiger partial charge is 0.378 e. The van der Waals surface area contributed by atoms with Crippen LogP contribution in [0.15, 0.2) is 24.5 Å². The highest BCUT2D eigenvalue weighted by Gasteiger charge is 2.37. The van der Waals surface area contributed by atoms with Gasteiger partial charge in [-0.2, -0.15) is 0 Å². The molecule has 0 unspecified atom stereocenters. The second-order valence-corrected chi connectivity index (χ2v) is 6.33. The van der Waals surface area contributed by atoms with Gasteiger partial charge in [0, 0.05) is 36.6 Å². The minimum absolute atomic E-state index is 0.0392. The summed E-state index contributed by atoms with van der Waals surface area (Å²) in [5.41, 5.74) is 0.863. The standard InChI is InChI=1S/C16H17ClN4O2/c17-12-1-2-14-13(7-12)15(19-10-18-14)21-8-11(9-21)16(22)20-3-5-23-6-4-20/h1-2,7,10-11H,3-6,8-9H2. The predicted octanol–water partition coefficient (Wildman–Crippen LogP) is 1.58. The monoisotopic (exact) mass is 332 g/mol. The number of benzene rings is 1. The van der Waals surface area contributed by atoms with Gasteiger partial charge in [0.1, 0.15) is 12.1 Å². The third-order valence-electron chi connectivity index (χ3n) is 4.43. The molecular weight excluding hydrogens is 316 g/mol. The lowest BCUT2D eigenvalue weighted by Gasteiger charge is -2.42. The van der Waals surface area contributed by atoms with Crippen molar-refractivity contribution >= 4 is 34.2 Å². The minimum atomic E-state index is 0.0392. The fourth-order valence-electron chi connectivity index (χ4n) is 3.12. The van der Waals surface area contributed by atoms with Crippen molar-refractivity contribution in [1.82, 2.24) is 14.9 Å². The van der Waals surface area contributed by atoms with Crippen LogP contribution < -0.4 is 4.90 Å². The van der Waals surface area contributed by atoms with E-state index in [0.717, 1.165) is 16.7 Å². The van der Waals surface area contributed by atoms with Crippen LogP contribution in [0.5, 0.6) is 0 Å². The van der Waals surface area contributed by atoms with Gasteiger partial charge in [-0.25, -0.2) is 9.97 Å². The number of ether oxygens (including phenoxy) is 1. The molecule has 3 heterocycles. The highest BCUT2D eigenvalue weighted by molar-refractivity contribution is 6.31. The van der Waals surface area contributed by atoms with E-state index in [-0.39, 0.29) is 11.8 Å². The van der Waals surface area contributed by atoms with Crippen LogP contribution in [0.25, 0.3) is 10.9 Å². The smallest absolute Gasteiger partial charge is 0.229 e. The number of aromatic nitrogens is 2. The van der Waals surface area contributed by atoms with Crippen LogP contribution in [-0.2, 0) is 9.53 Å². The lowest BCUT2D eigenvalue weighted by molar-refractivity contribution is -0.140. The quantitative estimate of drug-likeness (QED) is 0.835. The molecule has 1 aromatic carbocycles. The minimum Gasteiger partial charge on any atom is -0.378 e. The summed E-state index contributed by atoms with van der Waals surface area (Å²) in [5, 5.41) is 1.59. The summed E-state index contributed by atoms with van der Waals surface area (Å²) >= 11 is 6.09. The molecule has 1 aromatic heterocycles. The topological polar surface area (TPSA) is 58.6 Å². The average Bonchev–Trinajstić information content (AvgIpc) is 2.54. The van der Waals surface area contributed by atoms with E-state index >= 15 is 0 Å². The van der Waals surface area contributed by atoms with Gasteiger partial charge in [0.2, 0.25) is 5.91 Å². The van der Waals surface area contributed by atoms with Crippen LogP contribution >= 0.6 is 11.6 Å². The Balaban J connectivity index is 1.49. The molecule has 4 rings (SSSR count). The molecule has 0 spiro atoms. The Hall–Kier alpha value is -1.92. The number of morpholine rings is 1. The number of nitrogens with zero attached hydrogens (tertiary/aromatic N) is 4. The molecule has 7 heteroatoms. The van der Waals surface area contributed by atoms with Crippen molar-refractivity contribution in [3.8, 4) is 0 Å². The van der Waals surface area contributed by atoms with Crippen molar-refractivity contribution in [3.63, 3.8) is 0 Å². The van der Waals surface area contributed by atoms with Crippen molar-refractivity contribution < 1.29 is 9.53 Å². The van der Waals surface area contributed by atoms with Gasteiger partial charge in [-0.1, -0.05) is 11.6 Å². The Bertz CT molecular complexity index is 742. The maximum absolute atomic E-state index is 12.5. The first-order chi connectivity index (χ1) is 11.2.